The van der Waals surface area contributed by atoms with Gasteiger partial charge in [0.1, 0.15) is 5.76 Å². The molecule has 1 heterocycles. The van der Waals surface area contributed by atoms with Gasteiger partial charge in [0.2, 0.25) is 0 Å². The second-order valence-corrected chi connectivity index (χ2v) is 4.63. The van der Waals surface area contributed by atoms with Crippen LogP contribution in [0, 0.1) is 0 Å². The van der Waals surface area contributed by atoms with Crippen molar-refractivity contribution in [1.82, 2.24) is 5.32 Å². The molecule has 3 heteroatoms. The summed E-state index contributed by atoms with van der Waals surface area (Å²) in [5.41, 5.74) is 1.04. The van der Waals surface area contributed by atoms with Crippen molar-refractivity contribution >= 4 is 6.08 Å². The number of rotatable bonds is 5. The average molecular weight is 247 g/mol. The van der Waals surface area contributed by atoms with Crippen molar-refractivity contribution in [2.75, 3.05) is 0 Å². The molecule has 0 radical (unpaired) electrons. The highest BCUT2D eigenvalue weighted by Crippen LogP contribution is 2.21. The van der Waals surface area contributed by atoms with Crippen LogP contribution in [-0.4, -0.2) is 17.6 Å². The second kappa shape index (κ2) is 6.57. The molecular weight excluding hydrogens is 226 g/mol. The Hall–Kier alpha value is -1.32. The van der Waals surface area contributed by atoms with E-state index in [1.807, 2.05) is 36.4 Å². The number of benzene rings is 1. The van der Waals surface area contributed by atoms with Gasteiger partial charge in [0.25, 0.3) is 0 Å². The summed E-state index contributed by atoms with van der Waals surface area (Å²) in [6.45, 7) is 2.18. The Bertz CT molecular complexity index is 389. The zero-order valence-electron chi connectivity index (χ0n) is 10.8. The van der Waals surface area contributed by atoms with Crippen LogP contribution in [0.25, 0.3) is 6.08 Å². The van der Waals surface area contributed by atoms with Crippen LogP contribution in [0.1, 0.15) is 38.2 Å². The maximum Gasteiger partial charge on any atom is 0.166 e. The molecule has 0 bridgehead atoms. The van der Waals surface area contributed by atoms with Gasteiger partial charge in [-0.05, 0) is 24.5 Å². The van der Waals surface area contributed by atoms with Gasteiger partial charge in [-0.2, -0.15) is 0 Å². The van der Waals surface area contributed by atoms with Crippen LogP contribution in [0.5, 0.6) is 0 Å². The highest BCUT2D eigenvalue weighted by Gasteiger charge is 2.27. The first-order chi connectivity index (χ1) is 8.79. The Morgan fingerprint density at radius 2 is 2.06 bits per heavy atom. The summed E-state index contributed by atoms with van der Waals surface area (Å²) in [5.74, 6) is 0.614. The van der Waals surface area contributed by atoms with E-state index in [1.165, 1.54) is 12.8 Å². The molecule has 1 aliphatic rings. The number of hydrogen-bond acceptors (Lipinski definition) is 3. The van der Waals surface area contributed by atoms with Crippen molar-refractivity contribution in [3.8, 4) is 0 Å². The molecule has 3 nitrogen and oxygen atoms in total. The number of ether oxygens (including phenoxy) is 1. The molecule has 1 aliphatic heterocycles. The van der Waals surface area contributed by atoms with E-state index in [0.717, 1.165) is 18.4 Å². The lowest BCUT2D eigenvalue weighted by atomic mass is 10.2. The van der Waals surface area contributed by atoms with Gasteiger partial charge in [0.05, 0.1) is 0 Å². The fraction of sp³-hybridized carbons (Fsp3) is 0.467. The van der Waals surface area contributed by atoms with E-state index >= 15 is 0 Å². The normalized spacial score (nSPS) is 25.3. The highest BCUT2D eigenvalue weighted by atomic mass is 16.5. The van der Waals surface area contributed by atoms with Gasteiger partial charge in [-0.1, -0.05) is 50.1 Å². The molecule has 1 saturated heterocycles. The Balaban J connectivity index is 1.93. The number of nitrogens with one attached hydrogen (secondary N) is 1. The summed E-state index contributed by atoms with van der Waals surface area (Å²) in [6, 6.07) is 9.90. The van der Waals surface area contributed by atoms with Gasteiger partial charge in [-0.15, -0.1) is 0 Å². The number of hydrogen-bond donors (Lipinski definition) is 2. The summed E-state index contributed by atoms with van der Waals surface area (Å²) in [4.78, 5) is 0. The van der Waals surface area contributed by atoms with E-state index < -0.39 is 6.23 Å². The maximum absolute atomic E-state index is 9.87. The molecule has 1 fully saturated rings. The van der Waals surface area contributed by atoms with E-state index in [-0.39, 0.29) is 6.23 Å². The maximum atomic E-state index is 9.87. The lowest BCUT2D eigenvalue weighted by Crippen LogP contribution is -2.29. The second-order valence-electron chi connectivity index (χ2n) is 4.63. The summed E-state index contributed by atoms with van der Waals surface area (Å²) < 4.78 is 5.72. The monoisotopic (exact) mass is 247 g/mol. The number of unbranched alkanes of at least 4 members (excludes halogenated alkanes) is 2. The molecule has 2 atom stereocenters. The zero-order valence-corrected chi connectivity index (χ0v) is 10.8. The molecule has 2 unspecified atom stereocenters. The van der Waals surface area contributed by atoms with Crippen molar-refractivity contribution in [2.24, 2.45) is 0 Å². The first kappa shape index (κ1) is 13.1. The Kier molecular flexibility index (Phi) is 4.79. The smallest absolute Gasteiger partial charge is 0.166 e. The topological polar surface area (TPSA) is 41.5 Å². The minimum absolute atomic E-state index is 0.0542. The molecular formula is C15H21NO2. The van der Waals surface area contributed by atoms with Crippen LogP contribution in [0.3, 0.4) is 0 Å². The minimum atomic E-state index is -0.683. The first-order valence-corrected chi connectivity index (χ1v) is 6.67. The molecule has 0 spiro atoms. The van der Waals surface area contributed by atoms with Gasteiger partial charge in [0.15, 0.2) is 12.5 Å². The van der Waals surface area contributed by atoms with E-state index in [1.54, 1.807) is 0 Å². The number of aliphatic hydroxyl groups is 1. The zero-order chi connectivity index (χ0) is 12.8. The van der Waals surface area contributed by atoms with E-state index in [9.17, 15) is 5.11 Å². The molecule has 0 aromatic heterocycles. The van der Waals surface area contributed by atoms with E-state index in [4.69, 9.17) is 4.74 Å². The van der Waals surface area contributed by atoms with Crippen molar-refractivity contribution in [1.29, 1.82) is 0 Å². The molecule has 1 aromatic carbocycles. The van der Waals surface area contributed by atoms with Crippen LogP contribution >= 0.6 is 0 Å². The van der Waals surface area contributed by atoms with Crippen LogP contribution < -0.4 is 5.32 Å². The van der Waals surface area contributed by atoms with Crippen molar-refractivity contribution < 1.29 is 9.84 Å². The predicted molar refractivity (Wildman–Crippen MR) is 72.6 cm³/mol. The van der Waals surface area contributed by atoms with Crippen molar-refractivity contribution in [2.45, 2.75) is 45.1 Å². The average Bonchev–Trinajstić information content (AvgIpc) is 2.72. The molecule has 0 amide bonds. The third-order valence-electron chi connectivity index (χ3n) is 3.07. The predicted octanol–water partition coefficient (Wildman–Crippen LogP) is 2.87. The SMILES string of the molecule is CCCCCC1NC(O)/C(=C/c2ccccc2)O1. The summed E-state index contributed by atoms with van der Waals surface area (Å²) >= 11 is 0. The lowest BCUT2D eigenvalue weighted by molar-refractivity contribution is 0.135. The number of aliphatic hydroxyl groups excluding tert-OH is 1. The molecule has 0 aliphatic carbocycles. The van der Waals surface area contributed by atoms with Crippen LogP contribution in [0.2, 0.25) is 0 Å². The van der Waals surface area contributed by atoms with Crippen molar-refractivity contribution in [3.63, 3.8) is 0 Å². The van der Waals surface area contributed by atoms with Gasteiger partial charge in [0, 0.05) is 0 Å². The quantitative estimate of drug-likeness (QED) is 0.786. The Morgan fingerprint density at radius 3 is 2.78 bits per heavy atom. The van der Waals surface area contributed by atoms with Crippen LogP contribution in [-0.2, 0) is 4.74 Å². The minimum Gasteiger partial charge on any atom is -0.475 e. The van der Waals surface area contributed by atoms with Gasteiger partial charge >= 0.3 is 0 Å². The van der Waals surface area contributed by atoms with Gasteiger partial charge < -0.3 is 9.84 Å². The molecule has 98 valence electrons. The summed E-state index contributed by atoms with van der Waals surface area (Å²) in [7, 11) is 0. The molecule has 2 rings (SSSR count). The lowest BCUT2D eigenvalue weighted by Gasteiger charge is -2.09. The molecule has 2 N–H and O–H groups in total. The fourth-order valence-electron chi connectivity index (χ4n) is 2.07. The Labute approximate surface area is 108 Å². The first-order valence-electron chi connectivity index (χ1n) is 6.67. The fourth-order valence-corrected chi connectivity index (χ4v) is 2.07. The van der Waals surface area contributed by atoms with E-state index in [0.29, 0.717) is 5.76 Å². The third-order valence-corrected chi connectivity index (χ3v) is 3.07. The summed E-state index contributed by atoms with van der Waals surface area (Å²) in [5, 5.41) is 12.9. The van der Waals surface area contributed by atoms with Crippen LogP contribution in [0.4, 0.5) is 0 Å². The van der Waals surface area contributed by atoms with Gasteiger partial charge in [-0.25, -0.2) is 0 Å². The molecule has 0 saturated carbocycles. The van der Waals surface area contributed by atoms with Gasteiger partial charge in [-0.3, -0.25) is 5.32 Å². The third kappa shape index (κ3) is 3.59. The summed E-state index contributed by atoms with van der Waals surface area (Å²) in [6.07, 6.45) is 5.61. The highest BCUT2D eigenvalue weighted by molar-refractivity contribution is 5.52. The Morgan fingerprint density at radius 1 is 1.28 bits per heavy atom. The standard InChI is InChI=1S/C15H21NO2/c1-2-3-5-10-14-16-15(17)13(18-14)11-12-8-6-4-7-9-12/h4,6-9,11,14-17H,2-3,5,10H2,1H3/b13-11-. The van der Waals surface area contributed by atoms with Crippen molar-refractivity contribution in [3.05, 3.63) is 41.7 Å². The van der Waals surface area contributed by atoms with E-state index in [2.05, 4.69) is 12.2 Å². The molecule has 1 aromatic rings. The largest absolute Gasteiger partial charge is 0.475 e. The molecule has 18 heavy (non-hydrogen) atoms. The van der Waals surface area contributed by atoms with Crippen LogP contribution in [0.15, 0.2) is 36.1 Å².